The Morgan fingerprint density at radius 2 is 1.71 bits per heavy atom. The van der Waals surface area contributed by atoms with Crippen LogP contribution in [0.4, 0.5) is 0 Å². The lowest BCUT2D eigenvalue weighted by Crippen LogP contribution is -2.33. The number of ether oxygens (including phenoxy) is 1. The summed E-state index contributed by atoms with van der Waals surface area (Å²) in [5.41, 5.74) is 0.562. The van der Waals surface area contributed by atoms with Crippen LogP contribution in [0, 0.1) is 6.92 Å². The third-order valence-electron chi connectivity index (χ3n) is 3.87. The minimum atomic E-state index is -0.698. The second-order valence-corrected chi connectivity index (χ2v) is 5.41. The zero-order valence-corrected chi connectivity index (χ0v) is 13.1. The van der Waals surface area contributed by atoms with Gasteiger partial charge in [-0.2, -0.15) is 0 Å². The van der Waals surface area contributed by atoms with Gasteiger partial charge in [-0.05, 0) is 25.1 Å². The van der Waals surface area contributed by atoms with E-state index in [9.17, 15) is 19.2 Å². The first kappa shape index (κ1) is 15.7. The molecule has 7 heteroatoms. The number of hydrogen-bond acceptors (Lipinski definition) is 5. The molecule has 2 amide bonds. The Morgan fingerprint density at radius 1 is 1.12 bits per heavy atom. The van der Waals surface area contributed by atoms with Crippen molar-refractivity contribution in [2.75, 3.05) is 7.11 Å². The molecule has 2 heterocycles. The number of carbonyl (C=O) groups excluding carboxylic acids is 3. The highest BCUT2D eigenvalue weighted by Gasteiger charge is 2.36. The standard InChI is InChI=1S/C17H14N2O5/c1-9-7-12(17(23)24-2)13(14(20)18-9)8-19-15(21)10-5-3-4-6-11(10)16(19)22/h3-7H,8H2,1-2H3,(H,18,20). The molecule has 0 saturated heterocycles. The molecule has 0 atom stereocenters. The summed E-state index contributed by atoms with van der Waals surface area (Å²) in [7, 11) is 1.20. The van der Waals surface area contributed by atoms with Crippen molar-refractivity contribution >= 4 is 17.8 Å². The van der Waals surface area contributed by atoms with E-state index < -0.39 is 23.3 Å². The average molecular weight is 326 g/mol. The number of H-pyrrole nitrogens is 1. The molecule has 0 bridgehead atoms. The van der Waals surface area contributed by atoms with Gasteiger partial charge in [-0.15, -0.1) is 0 Å². The topological polar surface area (TPSA) is 96.5 Å². The lowest BCUT2D eigenvalue weighted by atomic mass is 10.1. The Balaban J connectivity index is 2.05. The van der Waals surface area contributed by atoms with Crippen LogP contribution in [-0.4, -0.2) is 34.8 Å². The van der Waals surface area contributed by atoms with Gasteiger partial charge >= 0.3 is 5.97 Å². The molecule has 1 aromatic carbocycles. The first-order chi connectivity index (χ1) is 11.4. The van der Waals surface area contributed by atoms with Gasteiger partial charge in [0.2, 0.25) is 0 Å². The number of aromatic nitrogens is 1. The number of amides is 2. The van der Waals surface area contributed by atoms with Crippen LogP contribution < -0.4 is 5.56 Å². The van der Waals surface area contributed by atoms with Crippen molar-refractivity contribution in [2.24, 2.45) is 0 Å². The van der Waals surface area contributed by atoms with Crippen LogP contribution in [0.15, 0.2) is 35.1 Å². The highest BCUT2D eigenvalue weighted by atomic mass is 16.5. The van der Waals surface area contributed by atoms with Crippen LogP contribution in [0.2, 0.25) is 0 Å². The fourth-order valence-electron chi connectivity index (χ4n) is 2.71. The predicted molar refractivity (Wildman–Crippen MR) is 83.8 cm³/mol. The molecule has 0 spiro atoms. The molecule has 24 heavy (non-hydrogen) atoms. The van der Waals surface area contributed by atoms with E-state index in [-0.39, 0.29) is 28.8 Å². The Kier molecular flexibility index (Phi) is 3.76. The van der Waals surface area contributed by atoms with Crippen LogP contribution in [0.3, 0.4) is 0 Å². The van der Waals surface area contributed by atoms with Crippen LogP contribution in [0.1, 0.15) is 42.3 Å². The van der Waals surface area contributed by atoms with Crippen molar-refractivity contribution in [1.82, 2.24) is 9.88 Å². The zero-order valence-electron chi connectivity index (χ0n) is 13.1. The lowest BCUT2D eigenvalue weighted by Gasteiger charge is -2.15. The van der Waals surface area contributed by atoms with E-state index in [1.54, 1.807) is 31.2 Å². The molecule has 122 valence electrons. The van der Waals surface area contributed by atoms with Gasteiger partial charge in [0.05, 0.1) is 35.9 Å². The van der Waals surface area contributed by atoms with Crippen molar-refractivity contribution in [3.8, 4) is 0 Å². The van der Waals surface area contributed by atoms with E-state index in [0.29, 0.717) is 5.69 Å². The minimum absolute atomic E-state index is 0.0157. The molecule has 1 N–H and O–H groups in total. The molecular weight excluding hydrogens is 312 g/mol. The van der Waals surface area contributed by atoms with E-state index in [0.717, 1.165) is 4.90 Å². The average Bonchev–Trinajstić information content (AvgIpc) is 2.81. The fourth-order valence-corrected chi connectivity index (χ4v) is 2.71. The zero-order chi connectivity index (χ0) is 17.4. The molecule has 0 saturated carbocycles. The van der Waals surface area contributed by atoms with Gasteiger partial charge in [-0.25, -0.2) is 4.79 Å². The van der Waals surface area contributed by atoms with E-state index in [2.05, 4.69) is 9.72 Å². The van der Waals surface area contributed by atoms with Gasteiger partial charge in [0.1, 0.15) is 0 Å². The largest absolute Gasteiger partial charge is 0.465 e. The number of aromatic amines is 1. The monoisotopic (exact) mass is 326 g/mol. The Hall–Kier alpha value is -3.22. The summed E-state index contributed by atoms with van der Waals surface area (Å²) in [6.07, 6.45) is 0. The fraction of sp³-hybridized carbons (Fsp3) is 0.176. The summed E-state index contributed by atoms with van der Waals surface area (Å²) in [5, 5.41) is 0. The molecule has 3 rings (SSSR count). The normalized spacial score (nSPS) is 13.2. The molecule has 0 radical (unpaired) electrons. The van der Waals surface area contributed by atoms with Crippen molar-refractivity contribution in [3.63, 3.8) is 0 Å². The minimum Gasteiger partial charge on any atom is -0.465 e. The molecule has 1 aliphatic heterocycles. The Labute approximate surface area is 136 Å². The maximum Gasteiger partial charge on any atom is 0.338 e. The summed E-state index contributed by atoms with van der Waals surface area (Å²) in [6.45, 7) is 1.33. The number of aryl methyl sites for hydroxylation is 1. The third-order valence-corrected chi connectivity index (χ3v) is 3.87. The lowest BCUT2D eigenvalue weighted by molar-refractivity contribution is 0.0582. The summed E-state index contributed by atoms with van der Waals surface area (Å²) in [5.74, 6) is -1.69. The van der Waals surface area contributed by atoms with E-state index in [1.807, 2.05) is 0 Å². The van der Waals surface area contributed by atoms with E-state index in [4.69, 9.17) is 0 Å². The molecular formula is C17H14N2O5. The molecule has 1 aliphatic rings. The number of benzene rings is 1. The van der Waals surface area contributed by atoms with Crippen LogP contribution >= 0.6 is 0 Å². The van der Waals surface area contributed by atoms with Crippen molar-refractivity contribution in [2.45, 2.75) is 13.5 Å². The second kappa shape index (κ2) is 5.77. The van der Waals surface area contributed by atoms with Gasteiger partial charge in [0.25, 0.3) is 17.4 Å². The van der Waals surface area contributed by atoms with Crippen LogP contribution in [0.25, 0.3) is 0 Å². The predicted octanol–water partition coefficient (Wildman–Crippen LogP) is 1.27. The first-order valence-corrected chi connectivity index (χ1v) is 7.20. The number of rotatable bonds is 3. The number of esters is 1. The van der Waals surface area contributed by atoms with Crippen molar-refractivity contribution < 1.29 is 19.1 Å². The summed E-state index contributed by atoms with van der Waals surface area (Å²) < 4.78 is 4.69. The second-order valence-electron chi connectivity index (χ2n) is 5.41. The Bertz CT molecular complexity index is 894. The molecule has 0 aliphatic carbocycles. The van der Waals surface area contributed by atoms with Crippen LogP contribution in [-0.2, 0) is 11.3 Å². The SMILES string of the molecule is COC(=O)c1cc(C)[nH]c(=O)c1CN1C(=O)c2ccccc2C1=O. The maximum absolute atomic E-state index is 12.4. The maximum atomic E-state index is 12.4. The number of methoxy groups -OCH3 is 1. The molecule has 2 aromatic rings. The van der Waals surface area contributed by atoms with E-state index >= 15 is 0 Å². The van der Waals surface area contributed by atoms with Crippen molar-refractivity contribution in [3.05, 3.63) is 68.6 Å². The van der Waals surface area contributed by atoms with Gasteiger partial charge in [-0.3, -0.25) is 19.3 Å². The summed E-state index contributed by atoms with van der Waals surface area (Å²) in [6, 6.07) is 7.88. The van der Waals surface area contributed by atoms with Gasteiger partial charge < -0.3 is 9.72 Å². The van der Waals surface area contributed by atoms with E-state index in [1.165, 1.54) is 13.2 Å². The Morgan fingerprint density at radius 3 is 2.25 bits per heavy atom. The highest BCUT2D eigenvalue weighted by molar-refractivity contribution is 6.21. The molecule has 7 nitrogen and oxygen atoms in total. The van der Waals surface area contributed by atoms with Gasteiger partial charge in [0.15, 0.2) is 0 Å². The number of pyridine rings is 1. The first-order valence-electron chi connectivity index (χ1n) is 7.20. The molecule has 0 fully saturated rings. The van der Waals surface area contributed by atoms with Gasteiger partial charge in [-0.1, -0.05) is 12.1 Å². The quantitative estimate of drug-likeness (QED) is 0.677. The summed E-state index contributed by atoms with van der Waals surface area (Å²) in [4.78, 5) is 52.5. The smallest absolute Gasteiger partial charge is 0.338 e. The highest BCUT2D eigenvalue weighted by Crippen LogP contribution is 2.24. The third kappa shape index (κ3) is 2.40. The number of carbonyl (C=O) groups is 3. The summed E-state index contributed by atoms with van der Waals surface area (Å²) >= 11 is 0. The molecule has 0 unspecified atom stereocenters. The van der Waals surface area contributed by atoms with Crippen molar-refractivity contribution in [1.29, 1.82) is 0 Å². The molecule has 1 aromatic heterocycles. The number of nitrogens with one attached hydrogen (secondary N) is 1. The van der Waals surface area contributed by atoms with Gasteiger partial charge in [0, 0.05) is 5.69 Å². The number of fused-ring (bicyclic) bond motifs is 1. The number of nitrogens with zero attached hydrogens (tertiary/aromatic N) is 1. The van der Waals surface area contributed by atoms with Crippen LogP contribution in [0.5, 0.6) is 0 Å². The number of imide groups is 1. The number of hydrogen-bond donors (Lipinski definition) is 1.